The van der Waals surface area contributed by atoms with Crippen molar-refractivity contribution in [3.63, 3.8) is 0 Å². The molecule has 1 N–H and O–H groups in total. The van der Waals surface area contributed by atoms with Crippen molar-refractivity contribution in [2.45, 2.75) is 19.3 Å². The third-order valence-electron chi connectivity index (χ3n) is 2.82. The Bertz CT molecular complexity index is 399. The topological polar surface area (TPSA) is 46.5 Å². The van der Waals surface area contributed by atoms with E-state index in [0.29, 0.717) is 12.4 Å². The summed E-state index contributed by atoms with van der Waals surface area (Å²) in [6, 6.07) is 5.88. The minimum atomic E-state index is -0.805. The Hall–Kier alpha value is -1.58. The molecule has 1 aliphatic carbocycles. The van der Waals surface area contributed by atoms with E-state index in [9.17, 15) is 9.18 Å². The van der Waals surface area contributed by atoms with E-state index >= 15 is 0 Å². The molecule has 86 valence electrons. The van der Waals surface area contributed by atoms with Crippen LogP contribution >= 0.6 is 0 Å². The fraction of sp³-hybridized carbons (Fsp3) is 0.417. The van der Waals surface area contributed by atoms with Gasteiger partial charge in [0.25, 0.3) is 0 Å². The lowest BCUT2D eigenvalue weighted by Crippen LogP contribution is -2.17. The van der Waals surface area contributed by atoms with Gasteiger partial charge in [0, 0.05) is 11.5 Å². The van der Waals surface area contributed by atoms with Gasteiger partial charge in [0.05, 0.1) is 13.0 Å². The normalized spacial score (nSPS) is 16.8. The van der Waals surface area contributed by atoms with Crippen LogP contribution in [0.4, 0.5) is 4.39 Å². The molecule has 4 heteroatoms. The van der Waals surface area contributed by atoms with Gasteiger partial charge < -0.3 is 9.84 Å². The molecule has 0 aromatic heterocycles. The Morgan fingerprint density at radius 3 is 2.81 bits per heavy atom. The van der Waals surface area contributed by atoms with E-state index in [1.54, 1.807) is 12.1 Å². The number of carbonyl (C=O) groups is 1. The summed E-state index contributed by atoms with van der Waals surface area (Å²) in [5.74, 6) is -0.697. The van der Waals surface area contributed by atoms with E-state index in [0.717, 1.165) is 12.8 Å². The van der Waals surface area contributed by atoms with Crippen LogP contribution < -0.4 is 4.74 Å². The molecule has 0 saturated heterocycles. The summed E-state index contributed by atoms with van der Waals surface area (Å²) in [6.07, 6.45) is 1.87. The molecule has 0 amide bonds. The molecule has 0 aliphatic heterocycles. The largest absolute Gasteiger partial charge is 0.493 e. The van der Waals surface area contributed by atoms with Crippen molar-refractivity contribution in [1.82, 2.24) is 0 Å². The average Bonchev–Trinajstić information content (AvgIpc) is 2.95. The lowest BCUT2D eigenvalue weighted by molar-refractivity contribution is -0.138. The first-order valence-corrected chi connectivity index (χ1v) is 5.20. The highest BCUT2D eigenvalue weighted by molar-refractivity contribution is 5.68. The molecular weight excluding hydrogens is 211 g/mol. The quantitative estimate of drug-likeness (QED) is 0.835. The number of ether oxygens (including phenoxy) is 1. The molecule has 1 aromatic carbocycles. The van der Waals surface area contributed by atoms with Crippen LogP contribution in [0.1, 0.15) is 19.3 Å². The second kappa shape index (κ2) is 4.12. The number of hydrogen-bond donors (Lipinski definition) is 1. The van der Waals surface area contributed by atoms with E-state index < -0.39 is 5.97 Å². The third-order valence-corrected chi connectivity index (χ3v) is 2.82. The first-order chi connectivity index (χ1) is 7.60. The van der Waals surface area contributed by atoms with E-state index in [2.05, 4.69) is 0 Å². The zero-order valence-electron chi connectivity index (χ0n) is 8.78. The Morgan fingerprint density at radius 2 is 2.25 bits per heavy atom. The summed E-state index contributed by atoms with van der Waals surface area (Å²) in [4.78, 5) is 10.6. The van der Waals surface area contributed by atoms with Crippen LogP contribution in [0.2, 0.25) is 0 Å². The van der Waals surface area contributed by atoms with Gasteiger partial charge >= 0.3 is 5.97 Å². The van der Waals surface area contributed by atoms with Crippen molar-refractivity contribution in [3.05, 3.63) is 30.1 Å². The van der Waals surface area contributed by atoms with Gasteiger partial charge in [-0.2, -0.15) is 0 Å². The highest BCUT2D eigenvalue weighted by Gasteiger charge is 2.45. The van der Waals surface area contributed by atoms with Crippen LogP contribution in [-0.4, -0.2) is 17.7 Å². The Balaban J connectivity index is 1.90. The number of hydrogen-bond acceptors (Lipinski definition) is 2. The highest BCUT2D eigenvalue weighted by Crippen LogP contribution is 2.48. The molecule has 0 unspecified atom stereocenters. The number of carboxylic acid groups (broad SMARTS) is 1. The van der Waals surface area contributed by atoms with Gasteiger partial charge in [-0.05, 0) is 25.0 Å². The predicted octanol–water partition coefficient (Wildman–Crippen LogP) is 2.46. The van der Waals surface area contributed by atoms with Gasteiger partial charge in [-0.25, -0.2) is 4.39 Å². The first kappa shape index (κ1) is 10.9. The molecule has 1 aromatic rings. The number of rotatable bonds is 5. The van der Waals surface area contributed by atoms with Gasteiger partial charge in [0.2, 0.25) is 0 Å². The Morgan fingerprint density at radius 1 is 1.50 bits per heavy atom. The summed E-state index contributed by atoms with van der Waals surface area (Å²) in [7, 11) is 0. The summed E-state index contributed by atoms with van der Waals surface area (Å²) >= 11 is 0. The maximum atomic E-state index is 12.8. The third kappa shape index (κ3) is 2.72. The van der Waals surface area contributed by atoms with Crippen molar-refractivity contribution in [1.29, 1.82) is 0 Å². The van der Waals surface area contributed by atoms with Crippen LogP contribution in [0.25, 0.3) is 0 Å². The lowest BCUT2D eigenvalue weighted by Gasteiger charge is -2.13. The molecular formula is C12H13FO3. The molecule has 16 heavy (non-hydrogen) atoms. The minimum Gasteiger partial charge on any atom is -0.493 e. The maximum Gasteiger partial charge on any atom is 0.304 e. The number of benzene rings is 1. The van der Waals surface area contributed by atoms with Crippen molar-refractivity contribution in [2.24, 2.45) is 5.41 Å². The molecule has 0 bridgehead atoms. The zero-order valence-corrected chi connectivity index (χ0v) is 8.78. The highest BCUT2D eigenvalue weighted by atomic mass is 19.1. The fourth-order valence-corrected chi connectivity index (χ4v) is 1.66. The molecule has 3 nitrogen and oxygen atoms in total. The smallest absolute Gasteiger partial charge is 0.304 e. The Kier molecular flexibility index (Phi) is 2.81. The fourth-order valence-electron chi connectivity index (χ4n) is 1.66. The van der Waals surface area contributed by atoms with Gasteiger partial charge in [0.15, 0.2) is 0 Å². The van der Waals surface area contributed by atoms with E-state index in [1.807, 2.05) is 0 Å². The molecule has 0 atom stereocenters. The minimum absolute atomic E-state index is 0.127. The average molecular weight is 224 g/mol. The standard InChI is InChI=1S/C12H13FO3/c13-9-2-1-3-10(6-9)16-8-12(4-5-12)7-11(14)15/h1-3,6H,4-5,7-8H2,(H,14,15). The van der Waals surface area contributed by atoms with Crippen LogP contribution in [0.5, 0.6) is 5.75 Å². The van der Waals surface area contributed by atoms with Gasteiger partial charge in [-0.15, -0.1) is 0 Å². The van der Waals surface area contributed by atoms with Crippen LogP contribution in [-0.2, 0) is 4.79 Å². The van der Waals surface area contributed by atoms with E-state index in [1.165, 1.54) is 12.1 Å². The van der Waals surface area contributed by atoms with Crippen molar-refractivity contribution >= 4 is 5.97 Å². The maximum absolute atomic E-state index is 12.8. The van der Waals surface area contributed by atoms with Crippen LogP contribution in [0.15, 0.2) is 24.3 Å². The monoisotopic (exact) mass is 224 g/mol. The van der Waals surface area contributed by atoms with Crippen molar-refractivity contribution in [3.8, 4) is 5.75 Å². The summed E-state index contributed by atoms with van der Waals surface area (Å²) in [5.41, 5.74) is -0.224. The molecule has 1 saturated carbocycles. The second-order valence-electron chi connectivity index (χ2n) is 4.32. The number of carboxylic acids is 1. The molecule has 2 rings (SSSR count). The summed E-state index contributed by atoms with van der Waals surface area (Å²) < 4.78 is 18.3. The van der Waals surface area contributed by atoms with E-state index in [-0.39, 0.29) is 17.7 Å². The summed E-state index contributed by atoms with van der Waals surface area (Å²) in [5, 5.41) is 8.71. The second-order valence-corrected chi connectivity index (χ2v) is 4.32. The van der Waals surface area contributed by atoms with Gasteiger partial charge in [-0.1, -0.05) is 6.07 Å². The van der Waals surface area contributed by atoms with Crippen LogP contribution in [0.3, 0.4) is 0 Å². The molecule has 0 spiro atoms. The van der Waals surface area contributed by atoms with Crippen molar-refractivity contribution < 1.29 is 19.0 Å². The number of aliphatic carboxylic acids is 1. The molecule has 0 heterocycles. The zero-order chi connectivity index (χ0) is 11.6. The predicted molar refractivity (Wildman–Crippen MR) is 55.8 cm³/mol. The van der Waals surface area contributed by atoms with Crippen LogP contribution in [0, 0.1) is 11.2 Å². The van der Waals surface area contributed by atoms with Gasteiger partial charge in [-0.3, -0.25) is 4.79 Å². The van der Waals surface area contributed by atoms with Crippen molar-refractivity contribution in [2.75, 3.05) is 6.61 Å². The summed E-state index contributed by atoms with van der Waals surface area (Å²) in [6.45, 7) is 0.350. The number of halogens is 1. The molecule has 1 fully saturated rings. The van der Waals surface area contributed by atoms with Gasteiger partial charge in [0.1, 0.15) is 11.6 Å². The SMILES string of the molecule is O=C(O)CC1(COc2cccc(F)c2)CC1. The molecule has 0 radical (unpaired) electrons. The first-order valence-electron chi connectivity index (χ1n) is 5.20. The molecule has 1 aliphatic rings. The lowest BCUT2D eigenvalue weighted by atomic mass is 10.0. The Labute approximate surface area is 92.9 Å². The van der Waals surface area contributed by atoms with E-state index in [4.69, 9.17) is 9.84 Å².